The van der Waals surface area contributed by atoms with Crippen LogP contribution in [0.1, 0.15) is 26.2 Å². The number of aliphatic hydroxyl groups excluding tert-OH is 1. The van der Waals surface area contributed by atoms with E-state index in [0.29, 0.717) is 12.3 Å². The lowest BCUT2D eigenvalue weighted by Gasteiger charge is -2.21. The third kappa shape index (κ3) is 4.77. The average Bonchev–Trinajstić information content (AvgIpc) is 2.30. The molecule has 0 radical (unpaired) electrons. The molecule has 1 N–H and O–H groups in total. The predicted octanol–water partition coefficient (Wildman–Crippen LogP) is 3.94. The standard InChI is InChI=1S/C13H19ClOS/c1-2-6-13(12(15)9-10-14)16-11-7-4-3-5-8-11/h3-5,7-8,12-13,15H,2,6,9-10H2,1H3/t12-,13+/m1/s1. The second kappa shape index (κ2) is 7.99. The highest BCUT2D eigenvalue weighted by atomic mass is 35.5. The zero-order chi connectivity index (χ0) is 11.8. The van der Waals surface area contributed by atoms with E-state index in [2.05, 4.69) is 19.1 Å². The van der Waals surface area contributed by atoms with E-state index in [-0.39, 0.29) is 11.4 Å². The second-order valence-corrected chi connectivity index (χ2v) is 5.49. The summed E-state index contributed by atoms with van der Waals surface area (Å²) in [5, 5.41) is 10.3. The molecule has 0 aliphatic carbocycles. The normalized spacial score (nSPS) is 14.7. The number of thioether (sulfide) groups is 1. The van der Waals surface area contributed by atoms with Gasteiger partial charge in [0.15, 0.2) is 0 Å². The van der Waals surface area contributed by atoms with Crippen LogP contribution < -0.4 is 0 Å². The number of hydrogen-bond donors (Lipinski definition) is 1. The van der Waals surface area contributed by atoms with Crippen molar-refractivity contribution in [2.45, 2.75) is 42.4 Å². The monoisotopic (exact) mass is 258 g/mol. The van der Waals surface area contributed by atoms with Crippen molar-refractivity contribution in [2.24, 2.45) is 0 Å². The van der Waals surface area contributed by atoms with Gasteiger partial charge in [-0.05, 0) is 25.0 Å². The van der Waals surface area contributed by atoms with Gasteiger partial charge in [-0.2, -0.15) is 0 Å². The van der Waals surface area contributed by atoms with Gasteiger partial charge in [-0.3, -0.25) is 0 Å². The van der Waals surface area contributed by atoms with Gasteiger partial charge in [0.2, 0.25) is 0 Å². The number of benzene rings is 1. The van der Waals surface area contributed by atoms with Crippen LogP contribution in [0.15, 0.2) is 35.2 Å². The second-order valence-electron chi connectivity index (χ2n) is 3.80. The molecule has 0 aliphatic heterocycles. The van der Waals surface area contributed by atoms with Gasteiger partial charge in [-0.1, -0.05) is 31.5 Å². The highest BCUT2D eigenvalue weighted by molar-refractivity contribution is 8.00. The number of alkyl halides is 1. The smallest absolute Gasteiger partial charge is 0.0673 e. The van der Waals surface area contributed by atoms with Crippen LogP contribution in [-0.2, 0) is 0 Å². The molecule has 0 saturated carbocycles. The lowest BCUT2D eigenvalue weighted by atomic mass is 10.1. The van der Waals surface area contributed by atoms with E-state index in [1.807, 2.05) is 18.2 Å². The van der Waals surface area contributed by atoms with E-state index in [4.69, 9.17) is 11.6 Å². The summed E-state index contributed by atoms with van der Waals surface area (Å²) in [5.41, 5.74) is 0. The van der Waals surface area contributed by atoms with Crippen LogP contribution in [0.25, 0.3) is 0 Å². The first kappa shape index (κ1) is 13.9. The van der Waals surface area contributed by atoms with Gasteiger partial charge in [0.25, 0.3) is 0 Å². The van der Waals surface area contributed by atoms with Crippen LogP contribution in [-0.4, -0.2) is 22.3 Å². The molecule has 0 spiro atoms. The summed E-state index contributed by atoms with van der Waals surface area (Å²) in [7, 11) is 0. The van der Waals surface area contributed by atoms with Crippen LogP contribution in [0.5, 0.6) is 0 Å². The lowest BCUT2D eigenvalue weighted by molar-refractivity contribution is 0.164. The van der Waals surface area contributed by atoms with Crippen molar-refractivity contribution in [3.63, 3.8) is 0 Å². The summed E-state index contributed by atoms with van der Waals surface area (Å²) in [5.74, 6) is 0.525. The van der Waals surface area contributed by atoms with E-state index >= 15 is 0 Å². The van der Waals surface area contributed by atoms with Gasteiger partial charge in [0.1, 0.15) is 0 Å². The van der Waals surface area contributed by atoms with Gasteiger partial charge >= 0.3 is 0 Å². The van der Waals surface area contributed by atoms with Crippen LogP contribution >= 0.6 is 23.4 Å². The first-order valence-electron chi connectivity index (χ1n) is 5.73. The summed E-state index contributed by atoms with van der Waals surface area (Å²) >= 11 is 7.43. The molecule has 1 rings (SSSR count). The summed E-state index contributed by atoms with van der Waals surface area (Å²) in [4.78, 5) is 1.22. The van der Waals surface area contributed by atoms with Gasteiger partial charge < -0.3 is 5.11 Å². The predicted molar refractivity (Wildman–Crippen MR) is 72.3 cm³/mol. The Morgan fingerprint density at radius 3 is 2.50 bits per heavy atom. The van der Waals surface area contributed by atoms with Crippen molar-refractivity contribution in [2.75, 3.05) is 5.88 Å². The fourth-order valence-electron chi connectivity index (χ4n) is 1.59. The van der Waals surface area contributed by atoms with Gasteiger partial charge in [-0.25, -0.2) is 0 Å². The summed E-state index contributed by atoms with van der Waals surface area (Å²) < 4.78 is 0. The molecule has 1 aromatic carbocycles. The maximum absolute atomic E-state index is 10.00. The van der Waals surface area contributed by atoms with Crippen molar-refractivity contribution >= 4 is 23.4 Å². The zero-order valence-corrected chi connectivity index (χ0v) is 11.2. The van der Waals surface area contributed by atoms with Crippen molar-refractivity contribution in [3.8, 4) is 0 Å². The molecule has 2 atom stereocenters. The van der Waals surface area contributed by atoms with E-state index in [0.717, 1.165) is 12.8 Å². The molecule has 1 aromatic rings. The number of hydrogen-bond acceptors (Lipinski definition) is 2. The molecule has 90 valence electrons. The van der Waals surface area contributed by atoms with Crippen molar-refractivity contribution in [1.82, 2.24) is 0 Å². The largest absolute Gasteiger partial charge is 0.392 e. The minimum absolute atomic E-state index is 0.256. The Balaban J connectivity index is 2.57. The average molecular weight is 259 g/mol. The fourth-order valence-corrected chi connectivity index (χ4v) is 3.12. The molecule has 0 fully saturated rings. The van der Waals surface area contributed by atoms with E-state index in [1.54, 1.807) is 11.8 Å². The topological polar surface area (TPSA) is 20.2 Å². The Hall–Kier alpha value is -0.180. The Morgan fingerprint density at radius 1 is 1.25 bits per heavy atom. The number of rotatable bonds is 7. The number of aliphatic hydroxyl groups is 1. The molecular formula is C13H19ClOS. The Morgan fingerprint density at radius 2 is 1.94 bits per heavy atom. The molecule has 3 heteroatoms. The Kier molecular flexibility index (Phi) is 6.93. The van der Waals surface area contributed by atoms with Gasteiger partial charge in [0, 0.05) is 16.0 Å². The molecule has 0 aromatic heterocycles. The molecule has 0 saturated heterocycles. The Labute approximate surface area is 107 Å². The summed E-state index contributed by atoms with van der Waals surface area (Å²) in [6, 6.07) is 10.2. The van der Waals surface area contributed by atoms with Crippen LogP contribution in [0, 0.1) is 0 Å². The summed E-state index contributed by atoms with van der Waals surface area (Å²) in [6.07, 6.45) is 2.48. The number of halogens is 1. The molecule has 0 amide bonds. The van der Waals surface area contributed by atoms with E-state index in [1.165, 1.54) is 4.90 Å². The van der Waals surface area contributed by atoms with Crippen molar-refractivity contribution in [1.29, 1.82) is 0 Å². The zero-order valence-electron chi connectivity index (χ0n) is 9.60. The first-order valence-corrected chi connectivity index (χ1v) is 7.15. The van der Waals surface area contributed by atoms with Gasteiger partial charge in [-0.15, -0.1) is 23.4 Å². The quantitative estimate of drug-likeness (QED) is 0.591. The highest BCUT2D eigenvalue weighted by Gasteiger charge is 2.18. The summed E-state index contributed by atoms with van der Waals surface area (Å²) in [6.45, 7) is 2.14. The molecule has 0 bridgehead atoms. The van der Waals surface area contributed by atoms with Crippen LogP contribution in [0.3, 0.4) is 0 Å². The molecule has 0 heterocycles. The SMILES string of the molecule is CCC[C@H](Sc1ccccc1)[C@H](O)CCCl. The van der Waals surface area contributed by atoms with Crippen LogP contribution in [0.4, 0.5) is 0 Å². The van der Waals surface area contributed by atoms with E-state index in [9.17, 15) is 5.11 Å². The highest BCUT2D eigenvalue weighted by Crippen LogP contribution is 2.29. The molecule has 0 unspecified atom stereocenters. The van der Waals surface area contributed by atoms with Gasteiger partial charge in [0.05, 0.1) is 6.10 Å². The minimum atomic E-state index is -0.303. The van der Waals surface area contributed by atoms with E-state index < -0.39 is 0 Å². The van der Waals surface area contributed by atoms with Crippen molar-refractivity contribution < 1.29 is 5.11 Å². The lowest BCUT2D eigenvalue weighted by Crippen LogP contribution is -2.23. The van der Waals surface area contributed by atoms with Crippen LogP contribution in [0.2, 0.25) is 0 Å². The molecule has 0 aliphatic rings. The first-order chi connectivity index (χ1) is 7.77. The maximum Gasteiger partial charge on any atom is 0.0673 e. The third-order valence-electron chi connectivity index (χ3n) is 2.44. The van der Waals surface area contributed by atoms with Crippen molar-refractivity contribution in [3.05, 3.63) is 30.3 Å². The molecule has 1 nitrogen and oxygen atoms in total. The molecule has 16 heavy (non-hydrogen) atoms. The fraction of sp³-hybridized carbons (Fsp3) is 0.538. The maximum atomic E-state index is 10.00. The third-order valence-corrected chi connectivity index (χ3v) is 4.05. The Bertz CT molecular complexity index is 279. The molecular weight excluding hydrogens is 240 g/mol. The minimum Gasteiger partial charge on any atom is -0.392 e.